The third-order valence-corrected chi connectivity index (χ3v) is 3.01. The number of anilines is 1. The van der Waals surface area contributed by atoms with Crippen molar-refractivity contribution in [2.24, 2.45) is 0 Å². The summed E-state index contributed by atoms with van der Waals surface area (Å²) in [6.07, 6.45) is -4.27. The lowest BCUT2D eigenvalue weighted by atomic mass is 10.2. The first-order chi connectivity index (χ1) is 9.40. The second-order valence-corrected chi connectivity index (χ2v) is 4.45. The maximum absolute atomic E-state index is 12.5. The molecule has 5 nitrogen and oxygen atoms in total. The standard InChI is InChI=1S/C12H14F3N3O2/c1-20-11(19)18-6-5-8(7-18)16-10-4-2-3-9(17-10)12(13,14)15/h2-4,8H,5-7H2,1H3,(H,16,17)/t8-/m0/s1. The van der Waals surface area contributed by atoms with E-state index in [0.717, 1.165) is 6.07 Å². The highest BCUT2D eigenvalue weighted by atomic mass is 19.4. The zero-order valence-corrected chi connectivity index (χ0v) is 10.8. The smallest absolute Gasteiger partial charge is 0.433 e. The molecule has 110 valence electrons. The Balaban J connectivity index is 2.00. The second-order valence-electron chi connectivity index (χ2n) is 4.45. The molecular formula is C12H14F3N3O2. The van der Waals surface area contributed by atoms with Gasteiger partial charge in [0.15, 0.2) is 0 Å². The van der Waals surface area contributed by atoms with Crippen molar-refractivity contribution >= 4 is 11.9 Å². The van der Waals surface area contributed by atoms with Crippen LogP contribution >= 0.6 is 0 Å². The molecule has 0 unspecified atom stereocenters. The molecule has 1 amide bonds. The van der Waals surface area contributed by atoms with E-state index in [1.807, 2.05) is 0 Å². The molecule has 0 saturated carbocycles. The molecule has 1 aliphatic heterocycles. The minimum Gasteiger partial charge on any atom is -0.453 e. The van der Waals surface area contributed by atoms with Crippen molar-refractivity contribution < 1.29 is 22.7 Å². The number of ether oxygens (including phenoxy) is 1. The van der Waals surface area contributed by atoms with Crippen LogP contribution in [0, 0.1) is 0 Å². The largest absolute Gasteiger partial charge is 0.453 e. The fraction of sp³-hybridized carbons (Fsp3) is 0.500. The van der Waals surface area contributed by atoms with E-state index >= 15 is 0 Å². The number of carbonyl (C=O) groups is 1. The molecule has 8 heteroatoms. The van der Waals surface area contributed by atoms with Crippen LogP contribution < -0.4 is 5.32 Å². The number of rotatable bonds is 2. The van der Waals surface area contributed by atoms with Gasteiger partial charge in [-0.05, 0) is 18.6 Å². The fourth-order valence-electron chi connectivity index (χ4n) is 2.06. The molecule has 0 radical (unpaired) electrons. The Labute approximate surface area is 113 Å². The first-order valence-electron chi connectivity index (χ1n) is 6.04. The van der Waals surface area contributed by atoms with E-state index in [2.05, 4.69) is 15.0 Å². The summed E-state index contributed by atoms with van der Waals surface area (Å²) in [5, 5.41) is 2.90. The molecule has 0 aromatic carbocycles. The molecule has 1 N–H and O–H groups in total. The zero-order valence-electron chi connectivity index (χ0n) is 10.8. The zero-order chi connectivity index (χ0) is 14.8. The summed E-state index contributed by atoms with van der Waals surface area (Å²) in [4.78, 5) is 16.3. The Bertz CT molecular complexity index is 493. The number of alkyl halides is 3. The number of hydrogen-bond acceptors (Lipinski definition) is 4. The van der Waals surface area contributed by atoms with Crippen molar-refractivity contribution in [2.75, 3.05) is 25.5 Å². The third-order valence-electron chi connectivity index (χ3n) is 3.01. The molecule has 1 aromatic heterocycles. The van der Waals surface area contributed by atoms with Crippen LogP contribution in [0.2, 0.25) is 0 Å². The number of pyridine rings is 1. The number of nitrogens with one attached hydrogen (secondary N) is 1. The summed E-state index contributed by atoms with van der Waals surface area (Å²) >= 11 is 0. The van der Waals surface area contributed by atoms with Gasteiger partial charge in [-0.15, -0.1) is 0 Å². The highest BCUT2D eigenvalue weighted by molar-refractivity contribution is 5.68. The average Bonchev–Trinajstić information content (AvgIpc) is 2.85. The molecule has 2 rings (SSSR count). The van der Waals surface area contributed by atoms with Gasteiger partial charge >= 0.3 is 12.3 Å². The van der Waals surface area contributed by atoms with Crippen LogP contribution in [0.25, 0.3) is 0 Å². The van der Waals surface area contributed by atoms with Crippen LogP contribution in [0.4, 0.5) is 23.8 Å². The molecule has 1 aliphatic rings. The van der Waals surface area contributed by atoms with Gasteiger partial charge in [-0.2, -0.15) is 13.2 Å². The van der Waals surface area contributed by atoms with Gasteiger partial charge in [0.1, 0.15) is 11.5 Å². The van der Waals surface area contributed by atoms with Crippen molar-refractivity contribution in [3.63, 3.8) is 0 Å². The minimum atomic E-state index is -4.47. The number of likely N-dealkylation sites (tertiary alicyclic amines) is 1. The number of amides is 1. The highest BCUT2D eigenvalue weighted by Crippen LogP contribution is 2.28. The highest BCUT2D eigenvalue weighted by Gasteiger charge is 2.33. The van der Waals surface area contributed by atoms with E-state index in [1.54, 1.807) is 0 Å². The Kier molecular flexibility index (Phi) is 4.01. The minimum absolute atomic E-state index is 0.134. The predicted molar refractivity (Wildman–Crippen MR) is 65.2 cm³/mol. The number of nitrogens with zero attached hydrogens (tertiary/aromatic N) is 2. The van der Waals surface area contributed by atoms with Crippen molar-refractivity contribution in [1.29, 1.82) is 0 Å². The van der Waals surface area contributed by atoms with E-state index in [1.165, 1.54) is 24.1 Å². The first-order valence-corrected chi connectivity index (χ1v) is 6.04. The molecule has 0 aliphatic carbocycles. The summed E-state index contributed by atoms with van der Waals surface area (Å²) in [5.74, 6) is 0.150. The fourth-order valence-corrected chi connectivity index (χ4v) is 2.06. The van der Waals surface area contributed by atoms with E-state index in [9.17, 15) is 18.0 Å². The molecular weight excluding hydrogens is 275 g/mol. The van der Waals surface area contributed by atoms with Crippen molar-refractivity contribution in [3.05, 3.63) is 23.9 Å². The quantitative estimate of drug-likeness (QED) is 0.908. The van der Waals surface area contributed by atoms with Gasteiger partial charge in [-0.3, -0.25) is 0 Å². The molecule has 0 bridgehead atoms. The summed E-state index contributed by atoms with van der Waals surface area (Å²) < 4.78 is 42.2. The van der Waals surface area contributed by atoms with Gasteiger partial charge in [0.2, 0.25) is 0 Å². The average molecular weight is 289 g/mol. The van der Waals surface area contributed by atoms with Crippen LogP contribution in [0.1, 0.15) is 12.1 Å². The molecule has 1 atom stereocenters. The van der Waals surface area contributed by atoms with Gasteiger partial charge < -0.3 is 15.0 Å². The lowest BCUT2D eigenvalue weighted by Crippen LogP contribution is -2.31. The second kappa shape index (κ2) is 5.56. The molecule has 1 saturated heterocycles. The molecule has 2 heterocycles. The topological polar surface area (TPSA) is 54.5 Å². The van der Waals surface area contributed by atoms with E-state index < -0.39 is 18.0 Å². The molecule has 20 heavy (non-hydrogen) atoms. The van der Waals surface area contributed by atoms with E-state index in [0.29, 0.717) is 19.5 Å². The number of hydrogen-bond donors (Lipinski definition) is 1. The summed E-state index contributed by atoms with van der Waals surface area (Å²) in [6.45, 7) is 0.883. The first kappa shape index (κ1) is 14.4. The van der Waals surface area contributed by atoms with Gasteiger partial charge in [0.25, 0.3) is 0 Å². The Morgan fingerprint density at radius 2 is 2.25 bits per heavy atom. The maximum Gasteiger partial charge on any atom is 0.433 e. The van der Waals surface area contributed by atoms with Crippen LogP contribution in [0.15, 0.2) is 18.2 Å². The predicted octanol–water partition coefficient (Wildman–Crippen LogP) is 2.35. The van der Waals surface area contributed by atoms with Crippen molar-refractivity contribution in [1.82, 2.24) is 9.88 Å². The maximum atomic E-state index is 12.5. The van der Waals surface area contributed by atoms with Gasteiger partial charge in [0, 0.05) is 19.1 Å². The Morgan fingerprint density at radius 1 is 1.50 bits per heavy atom. The summed E-state index contributed by atoms with van der Waals surface area (Å²) in [6, 6.07) is 3.55. The Hall–Kier alpha value is -1.99. The normalized spacial score (nSPS) is 19.0. The SMILES string of the molecule is COC(=O)N1CC[C@H](Nc2cccc(C(F)(F)F)n2)C1. The number of methoxy groups -OCH3 is 1. The van der Waals surface area contributed by atoms with E-state index in [4.69, 9.17) is 0 Å². The summed E-state index contributed by atoms with van der Waals surface area (Å²) in [5.41, 5.74) is -0.940. The molecule has 1 aromatic rings. The van der Waals surface area contributed by atoms with Crippen LogP contribution in [0.3, 0.4) is 0 Å². The lowest BCUT2D eigenvalue weighted by Gasteiger charge is -2.16. The number of halogens is 3. The lowest BCUT2D eigenvalue weighted by molar-refractivity contribution is -0.141. The number of aromatic nitrogens is 1. The van der Waals surface area contributed by atoms with E-state index in [-0.39, 0.29) is 11.9 Å². The van der Waals surface area contributed by atoms with Gasteiger partial charge in [0.05, 0.1) is 7.11 Å². The van der Waals surface area contributed by atoms with Crippen molar-refractivity contribution in [2.45, 2.75) is 18.6 Å². The monoisotopic (exact) mass is 289 g/mol. The summed E-state index contributed by atoms with van der Waals surface area (Å²) in [7, 11) is 1.29. The number of carbonyl (C=O) groups excluding carboxylic acids is 1. The molecule has 1 fully saturated rings. The molecule has 0 spiro atoms. The van der Waals surface area contributed by atoms with Gasteiger partial charge in [-0.25, -0.2) is 9.78 Å². The third kappa shape index (κ3) is 3.31. The Morgan fingerprint density at radius 3 is 2.90 bits per heavy atom. The van der Waals surface area contributed by atoms with Crippen molar-refractivity contribution in [3.8, 4) is 0 Å². The van der Waals surface area contributed by atoms with Crippen LogP contribution in [-0.4, -0.2) is 42.2 Å². The van der Waals surface area contributed by atoms with Gasteiger partial charge in [-0.1, -0.05) is 6.07 Å². The van der Waals surface area contributed by atoms with Crippen LogP contribution in [-0.2, 0) is 10.9 Å². The van der Waals surface area contributed by atoms with Crippen LogP contribution in [0.5, 0.6) is 0 Å².